The fourth-order valence-electron chi connectivity index (χ4n) is 2.31. The third-order valence-electron chi connectivity index (χ3n) is 3.95. The number of aliphatic hydroxyl groups excluding tert-OH is 1. The third kappa shape index (κ3) is 4.89. The van der Waals surface area contributed by atoms with Crippen LogP contribution in [0.25, 0.3) is 11.1 Å². The zero-order chi connectivity index (χ0) is 16.8. The number of hydrogen-bond acceptors (Lipinski definition) is 3. The molecule has 2 aromatic rings. The van der Waals surface area contributed by atoms with Crippen molar-refractivity contribution in [3.63, 3.8) is 0 Å². The van der Waals surface area contributed by atoms with E-state index < -0.39 is 6.10 Å². The van der Waals surface area contributed by atoms with Crippen molar-refractivity contribution >= 4 is 5.91 Å². The van der Waals surface area contributed by atoms with E-state index in [1.165, 1.54) is 0 Å². The van der Waals surface area contributed by atoms with Gasteiger partial charge in [-0.15, -0.1) is 0 Å². The molecule has 1 heterocycles. The summed E-state index contributed by atoms with van der Waals surface area (Å²) in [5.74, 6) is -0.0511. The lowest BCUT2D eigenvalue weighted by molar-refractivity contribution is -0.124. The zero-order valence-electron chi connectivity index (χ0n) is 13.9. The van der Waals surface area contributed by atoms with E-state index in [4.69, 9.17) is 0 Å². The highest BCUT2D eigenvalue weighted by Gasteiger charge is 2.16. The highest BCUT2D eigenvalue weighted by molar-refractivity contribution is 5.77. The van der Waals surface area contributed by atoms with E-state index >= 15 is 0 Å². The highest BCUT2D eigenvalue weighted by atomic mass is 16.3. The summed E-state index contributed by atoms with van der Waals surface area (Å²) in [5, 5.41) is 12.7. The van der Waals surface area contributed by atoms with E-state index in [9.17, 15) is 9.90 Å². The summed E-state index contributed by atoms with van der Waals surface area (Å²) in [6.07, 6.45) is 3.11. The van der Waals surface area contributed by atoms with Crippen molar-refractivity contribution in [1.82, 2.24) is 10.3 Å². The minimum absolute atomic E-state index is 0.0785. The molecule has 0 aliphatic heterocycles. The zero-order valence-corrected chi connectivity index (χ0v) is 13.9. The molecule has 4 heteroatoms. The number of hydrogen-bond donors (Lipinski definition) is 2. The summed E-state index contributed by atoms with van der Waals surface area (Å²) in [6, 6.07) is 11.9. The lowest BCUT2D eigenvalue weighted by Crippen LogP contribution is -2.31. The molecule has 2 atom stereocenters. The Labute approximate surface area is 137 Å². The van der Waals surface area contributed by atoms with E-state index in [0.717, 1.165) is 16.7 Å². The quantitative estimate of drug-likeness (QED) is 0.860. The van der Waals surface area contributed by atoms with Crippen LogP contribution in [-0.2, 0) is 4.79 Å². The molecule has 0 saturated carbocycles. The molecule has 1 aromatic carbocycles. The lowest BCUT2D eigenvalue weighted by Gasteiger charge is -2.18. The second-order valence-electron chi connectivity index (χ2n) is 6.17. The number of nitrogens with one attached hydrogen (secondary N) is 1. The van der Waals surface area contributed by atoms with E-state index in [1.54, 1.807) is 6.20 Å². The summed E-state index contributed by atoms with van der Waals surface area (Å²) in [5.41, 5.74) is 3.19. The molecule has 122 valence electrons. The Morgan fingerprint density at radius 1 is 1.13 bits per heavy atom. The average molecular weight is 312 g/mol. The minimum atomic E-state index is -0.602. The maximum atomic E-state index is 12.0. The van der Waals surface area contributed by atoms with Gasteiger partial charge in [-0.1, -0.05) is 44.2 Å². The average Bonchev–Trinajstić information content (AvgIpc) is 2.55. The number of aromatic nitrogens is 1. The SMILES string of the molecule is CC(NC(=O)CC(O)C(C)C)c1ccc(-c2cccnc2)cc1. The van der Waals surface area contributed by atoms with Crippen molar-refractivity contribution in [3.8, 4) is 11.1 Å². The second-order valence-corrected chi connectivity index (χ2v) is 6.17. The second kappa shape index (κ2) is 7.88. The van der Waals surface area contributed by atoms with E-state index in [0.29, 0.717) is 0 Å². The van der Waals surface area contributed by atoms with E-state index in [2.05, 4.69) is 10.3 Å². The Morgan fingerprint density at radius 2 is 1.83 bits per heavy atom. The van der Waals surface area contributed by atoms with Crippen LogP contribution in [0.2, 0.25) is 0 Å². The molecule has 2 unspecified atom stereocenters. The Bertz CT molecular complexity index is 624. The molecular formula is C19H24N2O2. The molecular weight excluding hydrogens is 288 g/mol. The van der Waals surface area contributed by atoms with Gasteiger partial charge in [-0.05, 0) is 35.6 Å². The first-order chi connectivity index (χ1) is 11.0. The maximum absolute atomic E-state index is 12.0. The lowest BCUT2D eigenvalue weighted by atomic mass is 10.0. The Balaban J connectivity index is 1.98. The standard InChI is InChI=1S/C19H24N2O2/c1-13(2)18(22)11-19(23)21-14(3)15-6-8-16(9-7-15)17-5-4-10-20-12-17/h4-10,12-14,18,22H,11H2,1-3H3,(H,21,23). The Morgan fingerprint density at radius 3 is 2.39 bits per heavy atom. The van der Waals surface area contributed by atoms with Crippen molar-refractivity contribution in [2.45, 2.75) is 39.3 Å². The first-order valence-corrected chi connectivity index (χ1v) is 7.95. The van der Waals surface area contributed by atoms with Crippen LogP contribution < -0.4 is 5.32 Å². The summed E-state index contributed by atoms with van der Waals surface area (Å²) in [6.45, 7) is 5.75. The van der Waals surface area contributed by atoms with Gasteiger partial charge in [-0.2, -0.15) is 0 Å². The largest absolute Gasteiger partial charge is 0.392 e. The van der Waals surface area contributed by atoms with Gasteiger partial charge in [0.25, 0.3) is 0 Å². The fraction of sp³-hybridized carbons (Fsp3) is 0.368. The van der Waals surface area contributed by atoms with Crippen LogP contribution in [0, 0.1) is 5.92 Å². The maximum Gasteiger partial charge on any atom is 0.223 e. The van der Waals surface area contributed by atoms with Gasteiger partial charge in [0.1, 0.15) is 0 Å². The predicted octanol–water partition coefficient (Wildman–Crippen LogP) is 3.33. The van der Waals surface area contributed by atoms with Gasteiger partial charge >= 0.3 is 0 Å². The minimum Gasteiger partial charge on any atom is -0.392 e. The first-order valence-electron chi connectivity index (χ1n) is 7.95. The molecule has 0 bridgehead atoms. The molecule has 0 aliphatic rings. The number of pyridine rings is 1. The topological polar surface area (TPSA) is 62.2 Å². The summed E-state index contributed by atoms with van der Waals surface area (Å²) < 4.78 is 0. The highest BCUT2D eigenvalue weighted by Crippen LogP contribution is 2.21. The van der Waals surface area contributed by atoms with Gasteiger partial charge in [0.2, 0.25) is 5.91 Å². The molecule has 0 fully saturated rings. The molecule has 0 radical (unpaired) electrons. The normalized spacial score (nSPS) is 13.6. The number of rotatable bonds is 6. The number of aliphatic hydroxyl groups is 1. The van der Waals surface area contributed by atoms with Crippen LogP contribution in [0.5, 0.6) is 0 Å². The molecule has 2 rings (SSSR count). The van der Waals surface area contributed by atoms with Crippen LogP contribution in [0.3, 0.4) is 0 Å². The fourth-order valence-corrected chi connectivity index (χ4v) is 2.31. The van der Waals surface area contributed by atoms with Crippen LogP contribution in [0.15, 0.2) is 48.8 Å². The predicted molar refractivity (Wildman–Crippen MR) is 91.7 cm³/mol. The number of benzene rings is 1. The molecule has 1 amide bonds. The number of carbonyl (C=O) groups is 1. The molecule has 0 saturated heterocycles. The molecule has 0 aliphatic carbocycles. The van der Waals surface area contributed by atoms with Crippen LogP contribution in [0.4, 0.5) is 0 Å². The number of carbonyl (C=O) groups excluding carboxylic acids is 1. The van der Waals surface area contributed by atoms with Gasteiger partial charge < -0.3 is 10.4 Å². The van der Waals surface area contributed by atoms with Gasteiger partial charge in [0.15, 0.2) is 0 Å². The van der Waals surface area contributed by atoms with Crippen molar-refractivity contribution in [1.29, 1.82) is 0 Å². The van der Waals surface area contributed by atoms with Gasteiger partial charge in [-0.25, -0.2) is 0 Å². The third-order valence-corrected chi connectivity index (χ3v) is 3.95. The molecule has 2 N–H and O–H groups in total. The summed E-state index contributed by atoms with van der Waals surface area (Å²) in [7, 11) is 0. The Kier molecular flexibility index (Phi) is 5.88. The smallest absolute Gasteiger partial charge is 0.223 e. The van der Waals surface area contributed by atoms with Crippen molar-refractivity contribution in [2.24, 2.45) is 5.92 Å². The van der Waals surface area contributed by atoms with E-state index in [-0.39, 0.29) is 24.3 Å². The van der Waals surface area contributed by atoms with Crippen LogP contribution in [0.1, 0.15) is 38.8 Å². The van der Waals surface area contributed by atoms with Crippen molar-refractivity contribution in [2.75, 3.05) is 0 Å². The van der Waals surface area contributed by atoms with Crippen LogP contribution >= 0.6 is 0 Å². The molecule has 23 heavy (non-hydrogen) atoms. The molecule has 1 aromatic heterocycles. The van der Waals surface area contributed by atoms with Gasteiger partial charge in [-0.3, -0.25) is 9.78 Å². The van der Waals surface area contributed by atoms with Crippen molar-refractivity contribution in [3.05, 3.63) is 54.4 Å². The monoisotopic (exact) mass is 312 g/mol. The Hall–Kier alpha value is -2.20. The van der Waals surface area contributed by atoms with Gasteiger partial charge in [0.05, 0.1) is 18.6 Å². The van der Waals surface area contributed by atoms with Crippen LogP contribution in [-0.4, -0.2) is 22.1 Å². The molecule has 4 nitrogen and oxygen atoms in total. The number of amides is 1. The summed E-state index contributed by atoms with van der Waals surface area (Å²) >= 11 is 0. The first kappa shape index (κ1) is 17.2. The van der Waals surface area contributed by atoms with Crippen molar-refractivity contribution < 1.29 is 9.90 Å². The summed E-state index contributed by atoms with van der Waals surface area (Å²) in [4.78, 5) is 16.1. The van der Waals surface area contributed by atoms with E-state index in [1.807, 2.05) is 63.4 Å². The number of nitrogens with zero attached hydrogens (tertiary/aromatic N) is 1. The van der Waals surface area contributed by atoms with Gasteiger partial charge in [0, 0.05) is 12.4 Å². The molecule has 0 spiro atoms.